The third-order valence-corrected chi connectivity index (χ3v) is 3.93. The highest BCUT2D eigenvalue weighted by atomic mass is 35.5. The standard InChI is InChI=1S/C15H30ClO2/c1-2-3-4-5-6-7-8-9-10-11-12-14(16)15(18)13-17/h14-15,18H,2-13H2,1H3. The molecule has 0 amide bonds. The van der Waals surface area contributed by atoms with Crippen molar-refractivity contribution in [2.45, 2.75) is 89.0 Å². The Balaban J connectivity index is 3.11. The molecule has 0 aromatic carbocycles. The van der Waals surface area contributed by atoms with E-state index in [1.165, 1.54) is 57.8 Å². The number of rotatable bonds is 13. The lowest BCUT2D eigenvalue weighted by atomic mass is 10.0. The molecule has 0 heterocycles. The van der Waals surface area contributed by atoms with Gasteiger partial charge in [-0.1, -0.05) is 71.1 Å². The van der Waals surface area contributed by atoms with Gasteiger partial charge in [-0.15, -0.1) is 11.6 Å². The van der Waals surface area contributed by atoms with Gasteiger partial charge in [0.15, 0.2) is 0 Å². The van der Waals surface area contributed by atoms with Gasteiger partial charge in [0.1, 0.15) is 6.61 Å². The fourth-order valence-corrected chi connectivity index (χ4v) is 2.35. The molecular weight excluding hydrogens is 248 g/mol. The van der Waals surface area contributed by atoms with Crippen LogP contribution >= 0.6 is 11.6 Å². The summed E-state index contributed by atoms with van der Waals surface area (Å²) in [5.41, 5.74) is 0. The molecule has 109 valence electrons. The van der Waals surface area contributed by atoms with E-state index in [1.54, 1.807) is 0 Å². The maximum atomic E-state index is 10.4. The fraction of sp³-hybridized carbons (Fsp3) is 1.00. The van der Waals surface area contributed by atoms with Crippen LogP contribution in [0.2, 0.25) is 0 Å². The van der Waals surface area contributed by atoms with E-state index in [-0.39, 0.29) is 5.38 Å². The molecular formula is C15H30ClO2. The monoisotopic (exact) mass is 277 g/mol. The first-order chi connectivity index (χ1) is 8.72. The Hall–Kier alpha value is 0.210. The summed E-state index contributed by atoms with van der Waals surface area (Å²) in [5.74, 6) is 0. The molecule has 2 nitrogen and oxygen atoms in total. The molecule has 3 heteroatoms. The first-order valence-corrected chi connectivity index (χ1v) is 8.06. The van der Waals surface area contributed by atoms with Gasteiger partial charge in [-0.25, -0.2) is 5.11 Å². The molecule has 0 aliphatic heterocycles. The third-order valence-electron chi connectivity index (χ3n) is 3.42. The Labute approximate surface area is 118 Å². The summed E-state index contributed by atoms with van der Waals surface area (Å²) in [5, 5.41) is 19.3. The normalized spacial score (nSPS) is 14.7. The number of unbranched alkanes of at least 4 members (excludes halogenated alkanes) is 9. The Bertz CT molecular complexity index is 165. The molecule has 0 aliphatic rings. The van der Waals surface area contributed by atoms with Crippen molar-refractivity contribution in [3.63, 3.8) is 0 Å². The summed E-state index contributed by atoms with van der Waals surface area (Å²) in [6.07, 6.45) is 12.8. The molecule has 0 saturated heterocycles. The summed E-state index contributed by atoms with van der Waals surface area (Å²) < 4.78 is 0. The zero-order valence-electron chi connectivity index (χ0n) is 11.9. The van der Waals surface area contributed by atoms with Crippen LogP contribution in [-0.2, 0) is 5.11 Å². The van der Waals surface area contributed by atoms with Gasteiger partial charge in [0.25, 0.3) is 0 Å². The molecule has 0 saturated carbocycles. The van der Waals surface area contributed by atoms with E-state index < -0.39 is 12.7 Å². The van der Waals surface area contributed by atoms with Crippen molar-refractivity contribution in [2.75, 3.05) is 6.61 Å². The van der Waals surface area contributed by atoms with Gasteiger partial charge in [-0.05, 0) is 6.42 Å². The van der Waals surface area contributed by atoms with E-state index in [0.29, 0.717) is 0 Å². The number of alkyl halides is 1. The first-order valence-electron chi connectivity index (χ1n) is 7.62. The molecule has 1 N–H and O–H groups in total. The second-order valence-electron chi connectivity index (χ2n) is 5.22. The van der Waals surface area contributed by atoms with Crippen molar-refractivity contribution >= 4 is 11.6 Å². The lowest BCUT2D eigenvalue weighted by molar-refractivity contribution is 0.0510. The lowest BCUT2D eigenvalue weighted by Crippen LogP contribution is -2.23. The molecule has 2 atom stereocenters. The van der Waals surface area contributed by atoms with Gasteiger partial charge in [-0.3, -0.25) is 0 Å². The van der Waals surface area contributed by atoms with Crippen LogP contribution in [-0.4, -0.2) is 23.2 Å². The summed E-state index contributed by atoms with van der Waals surface area (Å²) in [6, 6.07) is 0. The minimum atomic E-state index is -0.870. The second-order valence-corrected chi connectivity index (χ2v) is 5.78. The van der Waals surface area contributed by atoms with Crippen LogP contribution in [0, 0.1) is 0 Å². The summed E-state index contributed by atoms with van der Waals surface area (Å²) in [4.78, 5) is 0. The molecule has 0 rings (SSSR count). The van der Waals surface area contributed by atoms with Crippen molar-refractivity contribution in [1.82, 2.24) is 0 Å². The van der Waals surface area contributed by atoms with Crippen LogP contribution in [0.4, 0.5) is 0 Å². The van der Waals surface area contributed by atoms with Crippen LogP contribution < -0.4 is 0 Å². The van der Waals surface area contributed by atoms with Crippen LogP contribution in [0.1, 0.15) is 77.6 Å². The van der Waals surface area contributed by atoms with E-state index in [4.69, 9.17) is 11.6 Å². The van der Waals surface area contributed by atoms with Crippen molar-refractivity contribution < 1.29 is 10.2 Å². The predicted octanol–water partition coefficient (Wildman–Crippen LogP) is 4.70. The molecule has 18 heavy (non-hydrogen) atoms. The average molecular weight is 278 g/mol. The highest BCUT2D eigenvalue weighted by Crippen LogP contribution is 2.15. The highest BCUT2D eigenvalue weighted by Gasteiger charge is 2.14. The number of aliphatic hydroxyl groups is 1. The van der Waals surface area contributed by atoms with Crippen LogP contribution in [0.25, 0.3) is 0 Å². The second kappa shape index (κ2) is 13.6. The largest absolute Gasteiger partial charge is 0.389 e. The maximum absolute atomic E-state index is 10.4. The van der Waals surface area contributed by atoms with E-state index >= 15 is 0 Å². The fourth-order valence-electron chi connectivity index (χ4n) is 2.12. The lowest BCUT2D eigenvalue weighted by Gasteiger charge is -2.13. The van der Waals surface area contributed by atoms with Crippen molar-refractivity contribution in [3.8, 4) is 0 Å². The summed E-state index contributed by atoms with van der Waals surface area (Å²) in [6.45, 7) is 1.76. The zero-order chi connectivity index (χ0) is 13.6. The van der Waals surface area contributed by atoms with E-state index in [9.17, 15) is 10.2 Å². The van der Waals surface area contributed by atoms with Crippen LogP contribution in [0.3, 0.4) is 0 Å². The Morgan fingerprint density at radius 3 is 1.78 bits per heavy atom. The molecule has 0 fully saturated rings. The predicted molar refractivity (Wildman–Crippen MR) is 77.7 cm³/mol. The van der Waals surface area contributed by atoms with Crippen molar-refractivity contribution in [3.05, 3.63) is 0 Å². The van der Waals surface area contributed by atoms with Crippen molar-refractivity contribution in [2.24, 2.45) is 0 Å². The van der Waals surface area contributed by atoms with Gasteiger partial charge in [-0.2, -0.15) is 0 Å². The smallest absolute Gasteiger partial charge is 0.110 e. The molecule has 0 aromatic rings. The maximum Gasteiger partial charge on any atom is 0.110 e. The topological polar surface area (TPSA) is 40.1 Å². The van der Waals surface area contributed by atoms with E-state index in [0.717, 1.165) is 12.8 Å². The van der Waals surface area contributed by atoms with Gasteiger partial charge < -0.3 is 5.11 Å². The Morgan fingerprint density at radius 2 is 1.33 bits per heavy atom. The molecule has 0 bridgehead atoms. The SMILES string of the molecule is CCCCCCCCCCCCC(Cl)C(O)C[O]. The van der Waals surface area contributed by atoms with Gasteiger partial charge in [0, 0.05) is 0 Å². The third kappa shape index (κ3) is 11.3. The average Bonchev–Trinajstić information content (AvgIpc) is 2.39. The highest BCUT2D eigenvalue weighted by molar-refractivity contribution is 6.21. The minimum Gasteiger partial charge on any atom is -0.389 e. The molecule has 1 radical (unpaired) electrons. The van der Waals surface area contributed by atoms with Crippen LogP contribution in [0.5, 0.6) is 0 Å². The number of hydrogen-bond donors (Lipinski definition) is 1. The van der Waals surface area contributed by atoms with Gasteiger partial charge >= 0.3 is 0 Å². The van der Waals surface area contributed by atoms with Crippen LogP contribution in [0.15, 0.2) is 0 Å². The molecule has 0 aromatic heterocycles. The van der Waals surface area contributed by atoms with Crippen molar-refractivity contribution in [1.29, 1.82) is 0 Å². The summed E-state index contributed by atoms with van der Waals surface area (Å²) in [7, 11) is 0. The molecule has 0 aliphatic carbocycles. The quantitative estimate of drug-likeness (QED) is 0.385. The summed E-state index contributed by atoms with van der Waals surface area (Å²) >= 11 is 5.89. The Morgan fingerprint density at radius 1 is 0.889 bits per heavy atom. The number of aliphatic hydroxyl groups excluding tert-OH is 1. The molecule has 2 unspecified atom stereocenters. The molecule has 0 spiro atoms. The van der Waals surface area contributed by atoms with E-state index in [2.05, 4.69) is 6.92 Å². The number of hydrogen-bond acceptors (Lipinski definition) is 1. The minimum absolute atomic E-state index is 0.350. The van der Waals surface area contributed by atoms with Gasteiger partial charge in [0.05, 0.1) is 11.5 Å². The zero-order valence-corrected chi connectivity index (χ0v) is 12.6. The number of halogens is 1. The van der Waals surface area contributed by atoms with E-state index in [1.807, 2.05) is 0 Å². The first kappa shape index (κ1) is 18.2. The van der Waals surface area contributed by atoms with Gasteiger partial charge in [0.2, 0.25) is 0 Å². The Kier molecular flexibility index (Phi) is 13.8.